The SMILES string of the molecule is CCCCCCc1csc(-c2ccc(-c3nc4c5c(nc-4c(-c4ccc(-c6cc(CCCCCC)cs6)s4)s3)C(=O)C3=CC=CC3=C5)s2)c1. The Morgan fingerprint density at radius 2 is 1.27 bits per heavy atom. The van der Waals surface area contributed by atoms with Crippen molar-refractivity contribution in [2.45, 2.75) is 78.1 Å². The molecule has 248 valence electrons. The van der Waals surface area contributed by atoms with E-state index in [1.54, 1.807) is 11.3 Å². The lowest BCUT2D eigenvalue weighted by Crippen LogP contribution is -2.09. The van der Waals surface area contributed by atoms with Gasteiger partial charge in [-0.2, -0.15) is 0 Å². The minimum absolute atomic E-state index is 0.00785. The van der Waals surface area contributed by atoms with Gasteiger partial charge in [0.15, 0.2) is 0 Å². The van der Waals surface area contributed by atoms with Gasteiger partial charge in [0.25, 0.3) is 0 Å². The monoisotopic (exact) mass is 734 g/mol. The Hall–Kier alpha value is -3.27. The highest BCUT2D eigenvalue weighted by Gasteiger charge is 2.34. The number of allylic oxidation sites excluding steroid dienone is 5. The number of rotatable bonds is 14. The smallest absolute Gasteiger partial charge is 0.212 e. The third-order valence-corrected chi connectivity index (χ3v) is 15.2. The van der Waals surface area contributed by atoms with Crippen LogP contribution in [0.5, 0.6) is 0 Å². The largest absolute Gasteiger partial charge is 0.287 e. The van der Waals surface area contributed by atoms with Crippen LogP contribution in [-0.2, 0) is 12.8 Å². The number of fused-ring (bicyclic) bond motifs is 4. The first kappa shape index (κ1) is 32.9. The Kier molecular flexibility index (Phi) is 9.76. The number of carbonyl (C=O) groups excluding carboxylic acids is 1. The van der Waals surface area contributed by atoms with E-state index < -0.39 is 0 Å². The van der Waals surface area contributed by atoms with Crippen LogP contribution in [0.1, 0.15) is 92.4 Å². The van der Waals surface area contributed by atoms with Gasteiger partial charge in [-0.15, -0.1) is 56.7 Å². The average molecular weight is 735 g/mol. The highest BCUT2D eigenvalue weighted by atomic mass is 32.1. The van der Waals surface area contributed by atoms with E-state index in [1.165, 1.54) is 86.9 Å². The Morgan fingerprint density at radius 1 is 0.633 bits per heavy atom. The van der Waals surface area contributed by atoms with Crippen LogP contribution < -0.4 is 0 Å². The summed E-state index contributed by atoms with van der Waals surface area (Å²) in [6, 6.07) is 13.7. The number of thiophene rings is 4. The molecule has 4 aromatic heterocycles. The summed E-state index contributed by atoms with van der Waals surface area (Å²) in [6.07, 6.45) is 20.5. The molecule has 0 aromatic carbocycles. The number of aromatic nitrogens is 2. The molecule has 49 heavy (non-hydrogen) atoms. The standard InChI is InChI=1S/C41H38N2OS5/c1-3-5-7-9-12-25-20-34(45-23-25)30-16-18-32(47-30)40-38-36(29-22-27-14-11-15-28(27)39(44)37(29)42-38)43-41(49-40)33-19-17-31(48-33)35-21-26(24-46-35)13-10-8-6-4-2/h11,14-24H,3-10,12-13H2,1-2H3. The van der Waals surface area contributed by atoms with Crippen molar-refractivity contribution in [2.75, 3.05) is 0 Å². The lowest BCUT2D eigenvalue weighted by molar-refractivity contribution is 0.103. The van der Waals surface area contributed by atoms with Crippen molar-refractivity contribution in [1.29, 1.82) is 0 Å². The minimum Gasteiger partial charge on any atom is -0.287 e. The molecule has 2 aliphatic carbocycles. The van der Waals surface area contributed by atoms with Crippen LogP contribution in [0.4, 0.5) is 0 Å². The topological polar surface area (TPSA) is 42.9 Å². The van der Waals surface area contributed by atoms with Crippen molar-refractivity contribution in [3.63, 3.8) is 0 Å². The summed E-state index contributed by atoms with van der Waals surface area (Å²) >= 11 is 9.01. The molecule has 3 nitrogen and oxygen atoms in total. The molecule has 4 aromatic rings. The van der Waals surface area contributed by atoms with Gasteiger partial charge in [-0.3, -0.25) is 4.79 Å². The number of Topliss-reactive ketones (excluding diaryl/α,β-unsaturated/α-hetero) is 1. The average Bonchev–Trinajstić information content (AvgIpc) is 3.96. The fourth-order valence-electron chi connectivity index (χ4n) is 6.60. The number of nitrogens with zero attached hydrogens (tertiary/aromatic N) is 2. The van der Waals surface area contributed by atoms with Gasteiger partial charge >= 0.3 is 0 Å². The van der Waals surface area contributed by atoms with Gasteiger partial charge in [0.2, 0.25) is 5.78 Å². The Bertz CT molecular complexity index is 2190. The minimum atomic E-state index is -0.00785. The van der Waals surface area contributed by atoms with Crippen LogP contribution in [0.2, 0.25) is 0 Å². The number of unbranched alkanes of at least 4 members (excludes halogenated alkanes) is 6. The van der Waals surface area contributed by atoms with Gasteiger partial charge in [-0.25, -0.2) is 9.97 Å². The van der Waals surface area contributed by atoms with Crippen molar-refractivity contribution < 1.29 is 4.79 Å². The second-order valence-corrected chi connectivity index (χ2v) is 17.9. The molecule has 0 spiro atoms. The summed E-state index contributed by atoms with van der Waals surface area (Å²) in [7, 11) is 0. The third-order valence-electron chi connectivity index (χ3n) is 9.27. The van der Waals surface area contributed by atoms with Crippen molar-refractivity contribution in [1.82, 2.24) is 9.97 Å². The van der Waals surface area contributed by atoms with Gasteiger partial charge in [0.05, 0.1) is 9.75 Å². The number of aryl methyl sites for hydroxylation is 2. The summed E-state index contributed by atoms with van der Waals surface area (Å²) in [6.45, 7) is 4.53. The summed E-state index contributed by atoms with van der Waals surface area (Å²) in [4.78, 5) is 32.5. The van der Waals surface area contributed by atoms with Gasteiger partial charge in [0.1, 0.15) is 22.1 Å². The van der Waals surface area contributed by atoms with E-state index in [0.717, 1.165) is 55.7 Å². The zero-order valence-electron chi connectivity index (χ0n) is 27.8. The first-order valence-electron chi connectivity index (χ1n) is 17.4. The quantitative estimate of drug-likeness (QED) is 0.105. The van der Waals surface area contributed by atoms with E-state index in [1.807, 2.05) is 63.6 Å². The van der Waals surface area contributed by atoms with Crippen LogP contribution >= 0.6 is 56.7 Å². The van der Waals surface area contributed by atoms with Crippen LogP contribution in [0, 0.1) is 0 Å². The first-order valence-corrected chi connectivity index (χ1v) is 21.7. The van der Waals surface area contributed by atoms with Crippen LogP contribution in [-0.4, -0.2) is 15.8 Å². The fourth-order valence-corrected chi connectivity index (χ4v) is 11.9. The summed E-state index contributed by atoms with van der Waals surface area (Å²) < 4.78 is 0. The lowest BCUT2D eigenvalue weighted by Gasteiger charge is -2.11. The Balaban J connectivity index is 1.15. The second-order valence-electron chi connectivity index (χ2n) is 12.9. The second kappa shape index (κ2) is 14.5. The Morgan fingerprint density at radius 3 is 1.94 bits per heavy atom. The first-order chi connectivity index (χ1) is 24.1. The number of hydrogen-bond acceptors (Lipinski definition) is 8. The lowest BCUT2D eigenvalue weighted by atomic mass is 9.92. The van der Waals surface area contributed by atoms with E-state index in [4.69, 9.17) is 9.97 Å². The molecular formula is C41H38N2OS5. The van der Waals surface area contributed by atoms with Crippen molar-refractivity contribution in [2.24, 2.45) is 0 Å². The highest BCUT2D eigenvalue weighted by Crippen LogP contribution is 2.49. The molecule has 2 aliphatic heterocycles. The summed E-state index contributed by atoms with van der Waals surface area (Å²) in [5, 5.41) is 5.63. The maximum Gasteiger partial charge on any atom is 0.212 e. The molecule has 0 saturated carbocycles. The molecule has 8 heteroatoms. The van der Waals surface area contributed by atoms with E-state index in [-0.39, 0.29) is 5.78 Å². The molecule has 0 N–H and O–H groups in total. The van der Waals surface area contributed by atoms with E-state index in [0.29, 0.717) is 5.69 Å². The van der Waals surface area contributed by atoms with Gasteiger partial charge < -0.3 is 0 Å². The zero-order valence-corrected chi connectivity index (χ0v) is 31.9. The molecule has 0 fully saturated rings. The van der Waals surface area contributed by atoms with Crippen LogP contribution in [0.15, 0.2) is 76.5 Å². The predicted molar refractivity (Wildman–Crippen MR) is 215 cm³/mol. The van der Waals surface area contributed by atoms with E-state index >= 15 is 0 Å². The molecule has 8 rings (SSSR count). The van der Waals surface area contributed by atoms with E-state index in [2.05, 4.69) is 67.1 Å². The molecule has 0 unspecified atom stereocenters. The summed E-state index contributed by atoms with van der Waals surface area (Å²) in [5.74, 6) is -0.00785. The van der Waals surface area contributed by atoms with Gasteiger partial charge in [-0.05, 0) is 95.6 Å². The van der Waals surface area contributed by atoms with Crippen molar-refractivity contribution in [3.8, 4) is 50.5 Å². The third kappa shape index (κ3) is 6.66. The highest BCUT2D eigenvalue weighted by molar-refractivity contribution is 7.29. The van der Waals surface area contributed by atoms with Crippen molar-refractivity contribution >= 4 is 68.5 Å². The molecule has 0 atom stereocenters. The van der Waals surface area contributed by atoms with E-state index in [9.17, 15) is 4.79 Å². The number of ketones is 1. The molecule has 4 aliphatic rings. The summed E-state index contributed by atoms with van der Waals surface area (Å²) in [5.41, 5.74) is 7.58. The predicted octanol–water partition coefficient (Wildman–Crippen LogP) is 13.9. The fraction of sp³-hybridized carbons (Fsp3) is 0.293. The van der Waals surface area contributed by atoms with Gasteiger partial charge in [-0.1, -0.05) is 70.6 Å². The normalized spacial score (nSPS) is 13.7. The Labute approximate surface area is 308 Å². The maximum atomic E-state index is 13.6. The molecule has 0 radical (unpaired) electrons. The molecule has 0 amide bonds. The molecular weight excluding hydrogens is 697 g/mol. The number of hydrogen-bond donors (Lipinski definition) is 0. The maximum absolute atomic E-state index is 13.6. The van der Waals surface area contributed by atoms with Crippen LogP contribution in [0.3, 0.4) is 0 Å². The number of carbonyl (C=O) groups is 1. The molecule has 6 heterocycles. The molecule has 0 bridgehead atoms. The van der Waals surface area contributed by atoms with Gasteiger partial charge in [0, 0.05) is 35.5 Å². The van der Waals surface area contributed by atoms with Crippen LogP contribution in [0.25, 0.3) is 56.6 Å². The molecule has 0 saturated heterocycles. The van der Waals surface area contributed by atoms with Crippen molar-refractivity contribution in [3.05, 3.63) is 98.9 Å². The zero-order chi connectivity index (χ0) is 33.3.